The van der Waals surface area contributed by atoms with E-state index < -0.39 is 0 Å². The normalized spacial score (nSPS) is 14.5. The number of rotatable bonds is 9. The fourth-order valence-corrected chi connectivity index (χ4v) is 3.31. The first-order chi connectivity index (χ1) is 11.5. The predicted molar refractivity (Wildman–Crippen MR) is 103 cm³/mol. The highest BCUT2D eigenvalue weighted by atomic mass is 16.1. The summed E-state index contributed by atoms with van der Waals surface area (Å²) >= 11 is 0. The first-order valence-corrected chi connectivity index (χ1v) is 8.98. The Morgan fingerprint density at radius 2 is 2.12 bits per heavy atom. The van der Waals surface area contributed by atoms with Gasteiger partial charge in [0, 0.05) is 48.4 Å². The van der Waals surface area contributed by atoms with E-state index in [9.17, 15) is 4.79 Å². The summed E-state index contributed by atoms with van der Waals surface area (Å²) in [6, 6.07) is 6.53. The first-order valence-electron chi connectivity index (χ1n) is 8.98. The van der Waals surface area contributed by atoms with Gasteiger partial charge in [-0.15, -0.1) is 0 Å². The number of anilines is 1. The molecule has 130 valence electrons. The average molecular weight is 326 g/mol. The van der Waals surface area contributed by atoms with Crippen molar-refractivity contribution in [3.8, 4) is 0 Å². The summed E-state index contributed by atoms with van der Waals surface area (Å²) in [4.78, 5) is 14.1. The van der Waals surface area contributed by atoms with Crippen molar-refractivity contribution in [3.63, 3.8) is 0 Å². The Kier molecular flexibility index (Phi) is 6.24. The molecule has 1 atom stereocenters. The molecule has 0 bridgehead atoms. The maximum Gasteiger partial charge on any atom is 0.132 e. The number of Topliss-reactive ketones (excluding diaryl/α,β-unsaturated/α-hetero) is 1. The highest BCUT2D eigenvalue weighted by molar-refractivity contribution is 5.78. The molecule has 0 aliphatic carbocycles. The van der Waals surface area contributed by atoms with E-state index in [0.717, 1.165) is 37.2 Å². The van der Waals surface area contributed by atoms with E-state index in [1.54, 1.807) is 0 Å². The van der Waals surface area contributed by atoms with Crippen molar-refractivity contribution in [3.05, 3.63) is 48.1 Å². The molecule has 0 saturated heterocycles. The minimum Gasteiger partial charge on any atom is -0.385 e. The maximum absolute atomic E-state index is 11.7. The van der Waals surface area contributed by atoms with Gasteiger partial charge in [-0.3, -0.25) is 4.79 Å². The summed E-state index contributed by atoms with van der Waals surface area (Å²) in [6.07, 6.45) is 3.12. The summed E-state index contributed by atoms with van der Waals surface area (Å²) in [6.45, 7) is 16.4. The van der Waals surface area contributed by atoms with Gasteiger partial charge >= 0.3 is 0 Å². The van der Waals surface area contributed by atoms with Crippen LogP contribution in [0.2, 0.25) is 0 Å². The standard InChI is InChI=1S/C21H30N2O/c1-6-13-22-20-10-8-9-18-16(5)23(14-19(18)20)21(15(3)4)12-11-17(24)7-2/h8-10,21-22H,3,5-7,11-14H2,1-2,4H3. The van der Waals surface area contributed by atoms with Gasteiger partial charge in [-0.05, 0) is 25.8 Å². The van der Waals surface area contributed by atoms with Gasteiger partial charge in [0.15, 0.2) is 0 Å². The smallest absolute Gasteiger partial charge is 0.132 e. The maximum atomic E-state index is 11.7. The molecule has 0 fully saturated rings. The van der Waals surface area contributed by atoms with Crippen molar-refractivity contribution < 1.29 is 4.79 Å². The van der Waals surface area contributed by atoms with Crippen molar-refractivity contribution in [2.24, 2.45) is 0 Å². The van der Waals surface area contributed by atoms with Crippen LogP contribution in [0.4, 0.5) is 5.69 Å². The van der Waals surface area contributed by atoms with E-state index in [0.29, 0.717) is 18.6 Å². The molecule has 0 spiro atoms. The topological polar surface area (TPSA) is 32.3 Å². The minimum atomic E-state index is 0.166. The molecular weight excluding hydrogens is 296 g/mol. The Morgan fingerprint density at radius 3 is 2.75 bits per heavy atom. The number of carbonyl (C=O) groups is 1. The summed E-state index contributed by atoms with van der Waals surface area (Å²) in [5.74, 6) is 0.314. The van der Waals surface area contributed by atoms with E-state index >= 15 is 0 Å². The summed E-state index contributed by atoms with van der Waals surface area (Å²) in [5, 5.41) is 3.52. The molecule has 0 saturated carbocycles. The molecule has 1 heterocycles. The van der Waals surface area contributed by atoms with Crippen LogP contribution in [0.1, 0.15) is 57.6 Å². The molecule has 1 aromatic rings. The zero-order valence-corrected chi connectivity index (χ0v) is 15.3. The molecule has 1 unspecified atom stereocenters. The Hall–Kier alpha value is -2.03. The van der Waals surface area contributed by atoms with Crippen LogP contribution in [0.15, 0.2) is 36.9 Å². The highest BCUT2D eigenvalue weighted by Gasteiger charge is 2.30. The number of hydrogen-bond acceptors (Lipinski definition) is 3. The lowest BCUT2D eigenvalue weighted by Crippen LogP contribution is -2.31. The van der Waals surface area contributed by atoms with Gasteiger partial charge in [0.1, 0.15) is 5.78 Å². The quantitative estimate of drug-likeness (QED) is 0.648. The number of nitrogens with one attached hydrogen (secondary N) is 1. The van der Waals surface area contributed by atoms with Crippen molar-refractivity contribution in [1.29, 1.82) is 0 Å². The van der Waals surface area contributed by atoms with Crippen LogP contribution in [0, 0.1) is 0 Å². The second-order valence-corrected chi connectivity index (χ2v) is 6.63. The van der Waals surface area contributed by atoms with Crippen LogP contribution in [-0.4, -0.2) is 23.3 Å². The van der Waals surface area contributed by atoms with E-state index in [1.165, 1.54) is 16.8 Å². The monoisotopic (exact) mass is 326 g/mol. The summed E-state index contributed by atoms with van der Waals surface area (Å²) in [5.41, 5.74) is 5.86. The molecule has 1 aromatic carbocycles. The Morgan fingerprint density at radius 1 is 1.38 bits per heavy atom. The number of nitrogens with zero attached hydrogens (tertiary/aromatic N) is 1. The van der Waals surface area contributed by atoms with Crippen molar-refractivity contribution in [2.45, 2.75) is 59.0 Å². The molecule has 3 nitrogen and oxygen atoms in total. The summed E-state index contributed by atoms with van der Waals surface area (Å²) in [7, 11) is 0. The Balaban J connectivity index is 2.21. The van der Waals surface area contributed by atoms with Crippen molar-refractivity contribution >= 4 is 17.2 Å². The second kappa shape index (κ2) is 8.18. The van der Waals surface area contributed by atoms with E-state index in [-0.39, 0.29) is 6.04 Å². The van der Waals surface area contributed by atoms with Crippen LogP contribution >= 0.6 is 0 Å². The van der Waals surface area contributed by atoms with Gasteiger partial charge in [-0.25, -0.2) is 0 Å². The lowest BCUT2D eigenvalue weighted by Gasteiger charge is -2.31. The number of fused-ring (bicyclic) bond motifs is 1. The Labute approximate surface area is 146 Å². The molecule has 0 radical (unpaired) electrons. The molecule has 24 heavy (non-hydrogen) atoms. The Bertz CT molecular complexity index is 633. The number of benzene rings is 1. The zero-order valence-electron chi connectivity index (χ0n) is 15.3. The molecule has 1 N–H and O–H groups in total. The van der Waals surface area contributed by atoms with Crippen LogP contribution in [0.3, 0.4) is 0 Å². The molecular formula is C21H30N2O. The van der Waals surface area contributed by atoms with Gasteiger partial charge in [0.2, 0.25) is 0 Å². The third-order valence-electron chi connectivity index (χ3n) is 4.76. The SMILES string of the molecule is C=C(C)C(CCC(=O)CC)N1Cc2c(NCCC)cccc2C1=C. The van der Waals surface area contributed by atoms with Gasteiger partial charge in [0.25, 0.3) is 0 Å². The van der Waals surface area contributed by atoms with Crippen molar-refractivity contribution in [1.82, 2.24) is 4.90 Å². The van der Waals surface area contributed by atoms with Gasteiger partial charge < -0.3 is 10.2 Å². The fourth-order valence-electron chi connectivity index (χ4n) is 3.31. The first kappa shape index (κ1) is 18.3. The van der Waals surface area contributed by atoms with Crippen LogP contribution in [-0.2, 0) is 11.3 Å². The lowest BCUT2D eigenvalue weighted by molar-refractivity contribution is -0.119. The van der Waals surface area contributed by atoms with Crippen LogP contribution in [0.5, 0.6) is 0 Å². The predicted octanol–water partition coefficient (Wildman–Crippen LogP) is 5.00. The van der Waals surface area contributed by atoms with E-state index in [2.05, 4.69) is 48.5 Å². The van der Waals surface area contributed by atoms with Gasteiger partial charge in [-0.2, -0.15) is 0 Å². The third kappa shape index (κ3) is 3.89. The number of hydrogen-bond donors (Lipinski definition) is 1. The molecule has 1 aliphatic rings. The number of ketones is 1. The average Bonchev–Trinajstić information content (AvgIpc) is 2.90. The highest BCUT2D eigenvalue weighted by Crippen LogP contribution is 2.39. The van der Waals surface area contributed by atoms with Crippen LogP contribution in [0.25, 0.3) is 5.70 Å². The largest absolute Gasteiger partial charge is 0.385 e. The fraction of sp³-hybridized carbons (Fsp3) is 0.476. The minimum absolute atomic E-state index is 0.166. The zero-order chi connectivity index (χ0) is 17.7. The van der Waals surface area contributed by atoms with Crippen LogP contribution < -0.4 is 5.32 Å². The molecule has 0 amide bonds. The lowest BCUT2D eigenvalue weighted by atomic mass is 10.0. The van der Waals surface area contributed by atoms with E-state index in [1.807, 2.05) is 13.8 Å². The molecule has 1 aliphatic heterocycles. The van der Waals surface area contributed by atoms with Gasteiger partial charge in [-0.1, -0.05) is 44.7 Å². The molecule has 2 rings (SSSR count). The third-order valence-corrected chi connectivity index (χ3v) is 4.76. The summed E-state index contributed by atoms with van der Waals surface area (Å²) < 4.78 is 0. The second-order valence-electron chi connectivity index (χ2n) is 6.63. The van der Waals surface area contributed by atoms with Gasteiger partial charge in [0.05, 0.1) is 6.04 Å². The number of carbonyl (C=O) groups excluding carboxylic acids is 1. The molecule has 3 heteroatoms. The van der Waals surface area contributed by atoms with E-state index in [4.69, 9.17) is 0 Å². The van der Waals surface area contributed by atoms with Crippen molar-refractivity contribution in [2.75, 3.05) is 11.9 Å². The molecule has 0 aromatic heterocycles.